The summed E-state index contributed by atoms with van der Waals surface area (Å²) < 4.78 is 2.17. The van der Waals surface area contributed by atoms with E-state index in [1.807, 2.05) is 20.2 Å². The molecule has 0 amide bonds. The molecule has 4 nitrogen and oxygen atoms in total. The predicted octanol–water partition coefficient (Wildman–Crippen LogP) is 2.26. The number of pyridine rings is 1. The molecule has 1 N–H and O–H groups in total. The van der Waals surface area contributed by atoms with Crippen LogP contribution >= 0.6 is 15.9 Å². The third kappa shape index (κ3) is 1.87. The SMILES string of the molecule is Cc1cc(O)c(Br)nc1-c1cnn(C)c1. The number of aromatic nitrogens is 3. The van der Waals surface area contributed by atoms with Crippen LogP contribution in [0.2, 0.25) is 0 Å². The van der Waals surface area contributed by atoms with Gasteiger partial charge in [-0.1, -0.05) is 0 Å². The van der Waals surface area contributed by atoms with E-state index in [9.17, 15) is 5.11 Å². The standard InChI is InChI=1S/C10H10BrN3O/c1-6-3-8(15)10(11)13-9(6)7-4-12-14(2)5-7/h3-5,15H,1-2H3. The molecule has 0 fully saturated rings. The zero-order valence-corrected chi connectivity index (χ0v) is 9.98. The van der Waals surface area contributed by atoms with Crippen molar-refractivity contribution >= 4 is 15.9 Å². The van der Waals surface area contributed by atoms with Gasteiger partial charge in [0.05, 0.1) is 11.9 Å². The van der Waals surface area contributed by atoms with E-state index < -0.39 is 0 Å². The number of hydrogen-bond donors (Lipinski definition) is 1. The number of halogens is 1. The molecule has 2 aromatic rings. The van der Waals surface area contributed by atoms with Crippen LogP contribution in [0.3, 0.4) is 0 Å². The van der Waals surface area contributed by atoms with Gasteiger partial charge in [-0.25, -0.2) is 4.98 Å². The average molecular weight is 268 g/mol. The van der Waals surface area contributed by atoms with Gasteiger partial charge in [0, 0.05) is 18.8 Å². The Bertz CT molecular complexity index is 507. The van der Waals surface area contributed by atoms with E-state index >= 15 is 0 Å². The molecular formula is C10H10BrN3O. The molecule has 0 saturated heterocycles. The van der Waals surface area contributed by atoms with E-state index in [-0.39, 0.29) is 5.75 Å². The molecule has 0 aromatic carbocycles. The van der Waals surface area contributed by atoms with Gasteiger partial charge in [-0.15, -0.1) is 0 Å². The fourth-order valence-corrected chi connectivity index (χ4v) is 1.70. The molecule has 78 valence electrons. The van der Waals surface area contributed by atoms with Crippen LogP contribution in [0.15, 0.2) is 23.1 Å². The van der Waals surface area contributed by atoms with Gasteiger partial charge in [0.25, 0.3) is 0 Å². The molecule has 0 atom stereocenters. The first-order valence-corrected chi connectivity index (χ1v) is 5.22. The lowest BCUT2D eigenvalue weighted by Crippen LogP contribution is -1.89. The summed E-state index contributed by atoms with van der Waals surface area (Å²) in [6.45, 7) is 1.90. The van der Waals surface area contributed by atoms with Crippen molar-refractivity contribution in [3.63, 3.8) is 0 Å². The lowest BCUT2D eigenvalue weighted by molar-refractivity contribution is 0.468. The van der Waals surface area contributed by atoms with Crippen LogP contribution in [0.25, 0.3) is 11.3 Å². The first-order chi connectivity index (χ1) is 7.08. The molecule has 0 aliphatic carbocycles. The number of aromatic hydroxyl groups is 1. The van der Waals surface area contributed by atoms with Crippen molar-refractivity contribution in [1.29, 1.82) is 0 Å². The van der Waals surface area contributed by atoms with Crippen LogP contribution < -0.4 is 0 Å². The molecule has 0 bridgehead atoms. The molecule has 0 spiro atoms. The minimum atomic E-state index is 0.153. The Balaban J connectivity index is 2.58. The van der Waals surface area contributed by atoms with Gasteiger partial charge in [0.2, 0.25) is 0 Å². The first-order valence-electron chi connectivity index (χ1n) is 4.43. The molecule has 0 radical (unpaired) electrons. The van der Waals surface area contributed by atoms with E-state index in [2.05, 4.69) is 26.0 Å². The van der Waals surface area contributed by atoms with Gasteiger partial charge < -0.3 is 5.11 Å². The summed E-state index contributed by atoms with van der Waals surface area (Å²) >= 11 is 3.20. The third-order valence-electron chi connectivity index (χ3n) is 2.13. The van der Waals surface area contributed by atoms with Gasteiger partial charge in [0.1, 0.15) is 10.4 Å². The Kier molecular flexibility index (Phi) is 2.48. The monoisotopic (exact) mass is 267 g/mol. The summed E-state index contributed by atoms with van der Waals surface area (Å²) in [4.78, 5) is 4.27. The van der Waals surface area contributed by atoms with Crippen molar-refractivity contribution in [1.82, 2.24) is 14.8 Å². The Morgan fingerprint density at radius 3 is 2.80 bits per heavy atom. The summed E-state index contributed by atoms with van der Waals surface area (Å²) in [5.41, 5.74) is 2.69. The van der Waals surface area contributed by atoms with Crippen molar-refractivity contribution in [2.45, 2.75) is 6.92 Å². The number of nitrogens with zero attached hydrogens (tertiary/aromatic N) is 3. The van der Waals surface area contributed by atoms with E-state index in [0.29, 0.717) is 4.60 Å². The highest BCUT2D eigenvalue weighted by molar-refractivity contribution is 9.10. The smallest absolute Gasteiger partial charge is 0.148 e. The minimum absolute atomic E-state index is 0.153. The summed E-state index contributed by atoms with van der Waals surface area (Å²) in [6, 6.07) is 1.68. The van der Waals surface area contributed by atoms with Gasteiger partial charge in [0.15, 0.2) is 0 Å². The molecule has 0 aliphatic rings. The highest BCUT2D eigenvalue weighted by Gasteiger charge is 2.09. The normalized spacial score (nSPS) is 10.6. The fraction of sp³-hybridized carbons (Fsp3) is 0.200. The quantitative estimate of drug-likeness (QED) is 0.807. The molecule has 2 rings (SSSR count). The van der Waals surface area contributed by atoms with Crippen molar-refractivity contribution < 1.29 is 5.11 Å². The van der Waals surface area contributed by atoms with Crippen LogP contribution in [-0.2, 0) is 7.05 Å². The highest BCUT2D eigenvalue weighted by atomic mass is 79.9. The summed E-state index contributed by atoms with van der Waals surface area (Å²) in [6.07, 6.45) is 3.64. The topological polar surface area (TPSA) is 50.9 Å². The molecule has 0 aliphatic heterocycles. The molecule has 2 heterocycles. The van der Waals surface area contributed by atoms with Crippen LogP contribution in [-0.4, -0.2) is 19.9 Å². The molecular weight excluding hydrogens is 258 g/mol. The summed E-state index contributed by atoms with van der Waals surface area (Å²) in [5.74, 6) is 0.153. The molecule has 0 saturated carbocycles. The number of hydrogen-bond acceptors (Lipinski definition) is 3. The predicted molar refractivity (Wildman–Crippen MR) is 60.5 cm³/mol. The molecule has 0 unspecified atom stereocenters. The van der Waals surface area contributed by atoms with E-state index in [1.54, 1.807) is 16.9 Å². The number of aryl methyl sites for hydroxylation is 2. The Morgan fingerprint density at radius 2 is 2.20 bits per heavy atom. The maximum atomic E-state index is 9.45. The second kappa shape index (κ2) is 3.66. The van der Waals surface area contributed by atoms with Crippen molar-refractivity contribution in [2.75, 3.05) is 0 Å². The Hall–Kier alpha value is -1.36. The van der Waals surface area contributed by atoms with Gasteiger partial charge in [-0.3, -0.25) is 4.68 Å². The van der Waals surface area contributed by atoms with E-state index in [1.165, 1.54) is 0 Å². The lowest BCUT2D eigenvalue weighted by Gasteiger charge is -2.04. The second-order valence-electron chi connectivity index (χ2n) is 3.37. The summed E-state index contributed by atoms with van der Waals surface area (Å²) in [7, 11) is 1.86. The molecule has 2 aromatic heterocycles. The largest absolute Gasteiger partial charge is 0.505 e. The molecule has 15 heavy (non-hydrogen) atoms. The lowest BCUT2D eigenvalue weighted by atomic mass is 10.1. The second-order valence-corrected chi connectivity index (χ2v) is 4.12. The molecule has 5 heteroatoms. The Labute approximate surface area is 95.7 Å². The first kappa shape index (κ1) is 10.2. The fourth-order valence-electron chi connectivity index (χ4n) is 1.41. The van der Waals surface area contributed by atoms with Crippen LogP contribution in [0, 0.1) is 6.92 Å². The summed E-state index contributed by atoms with van der Waals surface area (Å²) in [5, 5.41) is 13.5. The van der Waals surface area contributed by atoms with Gasteiger partial charge in [-0.2, -0.15) is 5.10 Å². The van der Waals surface area contributed by atoms with Crippen LogP contribution in [0.1, 0.15) is 5.56 Å². The van der Waals surface area contributed by atoms with Crippen molar-refractivity contribution in [2.24, 2.45) is 7.05 Å². The van der Waals surface area contributed by atoms with Gasteiger partial charge in [-0.05, 0) is 34.5 Å². The van der Waals surface area contributed by atoms with E-state index in [0.717, 1.165) is 16.8 Å². The zero-order valence-electron chi connectivity index (χ0n) is 8.40. The highest BCUT2D eigenvalue weighted by Crippen LogP contribution is 2.29. The third-order valence-corrected chi connectivity index (χ3v) is 2.71. The zero-order chi connectivity index (χ0) is 11.0. The maximum Gasteiger partial charge on any atom is 0.148 e. The average Bonchev–Trinajstić information content (AvgIpc) is 2.58. The van der Waals surface area contributed by atoms with Crippen LogP contribution in [0.5, 0.6) is 5.75 Å². The Morgan fingerprint density at radius 1 is 1.47 bits per heavy atom. The van der Waals surface area contributed by atoms with Crippen molar-refractivity contribution in [3.05, 3.63) is 28.6 Å². The van der Waals surface area contributed by atoms with Crippen molar-refractivity contribution in [3.8, 4) is 17.0 Å². The number of rotatable bonds is 1. The van der Waals surface area contributed by atoms with E-state index in [4.69, 9.17) is 0 Å². The van der Waals surface area contributed by atoms with Crippen LogP contribution in [0.4, 0.5) is 0 Å². The minimum Gasteiger partial charge on any atom is -0.505 e. The maximum absolute atomic E-state index is 9.45. The van der Waals surface area contributed by atoms with Gasteiger partial charge >= 0.3 is 0 Å².